The molecule has 0 spiro atoms. The molecule has 0 bridgehead atoms. The van der Waals surface area contributed by atoms with E-state index in [2.05, 4.69) is 15.0 Å². The van der Waals surface area contributed by atoms with Gasteiger partial charge in [0.25, 0.3) is 0 Å². The summed E-state index contributed by atoms with van der Waals surface area (Å²) < 4.78 is 1.75. The third kappa shape index (κ3) is 3.66. The van der Waals surface area contributed by atoms with Crippen LogP contribution in [0.2, 0.25) is 0 Å². The molecule has 1 aliphatic heterocycles. The van der Waals surface area contributed by atoms with Crippen molar-refractivity contribution in [3.8, 4) is 5.75 Å². The lowest BCUT2D eigenvalue weighted by molar-refractivity contribution is -0.139. The first kappa shape index (κ1) is 20.0. The molecule has 3 aromatic rings. The molecule has 1 amide bonds. The molecule has 0 aliphatic carbocycles. The zero-order valence-electron chi connectivity index (χ0n) is 16.6. The van der Waals surface area contributed by atoms with E-state index >= 15 is 0 Å². The fraction of sp³-hybridized carbons (Fsp3) is 0.400. The Hall–Kier alpha value is -3.24. The molecule has 1 saturated heterocycles. The smallest absolute Gasteiger partial charge is 0.239 e. The van der Waals surface area contributed by atoms with Crippen molar-refractivity contribution >= 4 is 22.9 Å². The maximum Gasteiger partial charge on any atom is 0.239 e. The van der Waals surface area contributed by atoms with Crippen LogP contribution < -0.4 is 11.5 Å². The second kappa shape index (κ2) is 7.54. The van der Waals surface area contributed by atoms with Crippen LogP contribution in [0.4, 0.5) is 5.82 Å². The van der Waals surface area contributed by atoms with Gasteiger partial charge in [-0.1, -0.05) is 12.1 Å². The number of likely N-dealkylation sites (tertiary alicyclic amines) is 1. The highest BCUT2D eigenvalue weighted by atomic mass is 16.3. The van der Waals surface area contributed by atoms with E-state index in [1.54, 1.807) is 47.0 Å². The molecule has 0 radical (unpaired) electrons. The molecule has 30 heavy (non-hydrogen) atoms. The second-order valence-corrected chi connectivity index (χ2v) is 7.97. The Balaban J connectivity index is 1.55. The summed E-state index contributed by atoms with van der Waals surface area (Å²) in [5.41, 5.74) is 12.8. The first-order chi connectivity index (χ1) is 14.3. The van der Waals surface area contributed by atoms with Crippen molar-refractivity contribution in [2.24, 2.45) is 5.73 Å². The van der Waals surface area contributed by atoms with Crippen molar-refractivity contribution in [1.29, 1.82) is 0 Å². The van der Waals surface area contributed by atoms with Gasteiger partial charge >= 0.3 is 0 Å². The molecule has 6 N–H and O–H groups in total. The van der Waals surface area contributed by atoms with Crippen LogP contribution in [0.25, 0.3) is 11.2 Å². The van der Waals surface area contributed by atoms with E-state index in [0.717, 1.165) is 5.56 Å². The molecule has 3 heterocycles. The zero-order valence-corrected chi connectivity index (χ0v) is 16.6. The highest BCUT2D eigenvalue weighted by molar-refractivity contribution is 5.83. The monoisotopic (exact) mass is 411 g/mol. The van der Waals surface area contributed by atoms with Gasteiger partial charge < -0.3 is 31.1 Å². The number of hydrogen-bond donors (Lipinski definition) is 4. The quantitative estimate of drug-likeness (QED) is 0.474. The number of nitrogen functional groups attached to an aromatic ring is 1. The highest BCUT2D eigenvalue weighted by Gasteiger charge is 2.41. The predicted octanol–water partition coefficient (Wildman–Crippen LogP) is 0.209. The number of phenolic OH excluding ortho intramolecular Hbond substituents is 1. The minimum absolute atomic E-state index is 0.164. The lowest BCUT2D eigenvalue weighted by atomic mass is 9.87. The van der Waals surface area contributed by atoms with Gasteiger partial charge in [-0.2, -0.15) is 0 Å². The molecule has 158 valence electrons. The van der Waals surface area contributed by atoms with E-state index in [4.69, 9.17) is 11.5 Å². The van der Waals surface area contributed by atoms with Crippen molar-refractivity contribution in [2.45, 2.75) is 37.5 Å². The van der Waals surface area contributed by atoms with Gasteiger partial charge in [0.2, 0.25) is 5.91 Å². The van der Waals surface area contributed by atoms with Gasteiger partial charge in [0.15, 0.2) is 11.5 Å². The van der Waals surface area contributed by atoms with E-state index in [0.29, 0.717) is 30.6 Å². The molecular weight excluding hydrogens is 386 g/mol. The number of amides is 1. The van der Waals surface area contributed by atoms with Gasteiger partial charge in [-0.25, -0.2) is 15.0 Å². The molecule has 1 aliphatic rings. The number of piperidine rings is 1. The number of aromatic nitrogens is 4. The van der Waals surface area contributed by atoms with Gasteiger partial charge in [-0.05, 0) is 37.5 Å². The molecule has 10 nitrogen and oxygen atoms in total. The minimum atomic E-state index is -1.06. The number of fused-ring (bicyclic) bond motifs is 1. The van der Waals surface area contributed by atoms with Crippen molar-refractivity contribution in [3.63, 3.8) is 0 Å². The number of aliphatic hydroxyl groups is 1. The van der Waals surface area contributed by atoms with Gasteiger partial charge in [0, 0.05) is 13.1 Å². The van der Waals surface area contributed by atoms with Crippen LogP contribution in [-0.4, -0.2) is 65.3 Å². The van der Waals surface area contributed by atoms with Gasteiger partial charge in [-0.15, -0.1) is 0 Å². The number of carbonyl (C=O) groups is 1. The normalized spacial score (nSPS) is 22.9. The molecule has 0 unspecified atom stereocenters. The highest BCUT2D eigenvalue weighted by Crippen LogP contribution is 2.34. The number of carbonyl (C=O) groups excluding carboxylic acids is 1. The summed E-state index contributed by atoms with van der Waals surface area (Å²) in [6.07, 6.45) is 3.66. The number of aromatic hydroxyl groups is 1. The Labute approximate surface area is 173 Å². The Morgan fingerprint density at radius 2 is 2.03 bits per heavy atom. The third-order valence-corrected chi connectivity index (χ3v) is 5.74. The Bertz CT molecular complexity index is 1060. The third-order valence-electron chi connectivity index (χ3n) is 5.74. The summed E-state index contributed by atoms with van der Waals surface area (Å²) in [5, 5.41) is 20.4. The molecule has 1 fully saturated rings. The number of anilines is 1. The lowest BCUT2D eigenvalue weighted by Gasteiger charge is -2.43. The van der Waals surface area contributed by atoms with E-state index in [1.165, 1.54) is 6.33 Å². The molecule has 1 aromatic carbocycles. The molecule has 4 rings (SSSR count). The topological polar surface area (TPSA) is 156 Å². The van der Waals surface area contributed by atoms with Crippen LogP contribution >= 0.6 is 0 Å². The number of imidazole rings is 1. The number of nitrogens with zero attached hydrogens (tertiary/aromatic N) is 5. The van der Waals surface area contributed by atoms with Crippen LogP contribution in [0.5, 0.6) is 5.75 Å². The molecule has 10 heteroatoms. The summed E-state index contributed by atoms with van der Waals surface area (Å²) in [6.45, 7) is 2.41. The fourth-order valence-corrected chi connectivity index (χ4v) is 3.92. The van der Waals surface area contributed by atoms with E-state index in [9.17, 15) is 15.0 Å². The number of hydrogen-bond acceptors (Lipinski definition) is 8. The average Bonchev–Trinajstić information content (AvgIpc) is 3.14. The SMILES string of the molecule is C[C@@]1(O)CCN(C(=O)[C@@H](N)Cc2ccc(O)cc2)C[C@H]1n1cnc2c(N)ncnc21. The van der Waals surface area contributed by atoms with Gasteiger partial charge in [0.1, 0.15) is 17.6 Å². The van der Waals surface area contributed by atoms with Crippen LogP contribution in [0.15, 0.2) is 36.9 Å². The first-order valence-corrected chi connectivity index (χ1v) is 9.74. The zero-order chi connectivity index (χ0) is 21.5. The summed E-state index contributed by atoms with van der Waals surface area (Å²) in [5.74, 6) is 0.233. The Morgan fingerprint density at radius 3 is 2.77 bits per heavy atom. The predicted molar refractivity (Wildman–Crippen MR) is 110 cm³/mol. The van der Waals surface area contributed by atoms with E-state index < -0.39 is 17.7 Å². The van der Waals surface area contributed by atoms with Gasteiger partial charge in [-0.3, -0.25) is 4.79 Å². The summed E-state index contributed by atoms with van der Waals surface area (Å²) in [6, 6.07) is 5.43. The molecule has 2 aromatic heterocycles. The standard InChI is InChI=1S/C20H25N7O3/c1-20(30)6-7-26(19(29)14(21)8-12-2-4-13(28)5-3-12)9-15(20)27-11-25-16-17(22)23-10-24-18(16)27/h2-5,10-11,14-15,28,30H,6-9,21H2,1H3,(H2,22,23,24)/t14-,15+,20+/m0/s1. The van der Waals surface area contributed by atoms with Crippen molar-refractivity contribution in [1.82, 2.24) is 24.4 Å². The molecule has 3 atom stereocenters. The summed E-state index contributed by atoms with van der Waals surface area (Å²) >= 11 is 0. The van der Waals surface area contributed by atoms with E-state index in [-0.39, 0.29) is 24.0 Å². The van der Waals surface area contributed by atoms with Crippen molar-refractivity contribution in [3.05, 3.63) is 42.5 Å². The second-order valence-electron chi connectivity index (χ2n) is 7.97. The number of rotatable bonds is 4. The largest absolute Gasteiger partial charge is 0.508 e. The van der Waals surface area contributed by atoms with Crippen LogP contribution in [0, 0.1) is 0 Å². The van der Waals surface area contributed by atoms with Crippen LogP contribution in [-0.2, 0) is 11.2 Å². The first-order valence-electron chi connectivity index (χ1n) is 9.74. The number of nitrogens with two attached hydrogens (primary N) is 2. The fourth-order valence-electron chi connectivity index (χ4n) is 3.92. The average molecular weight is 411 g/mol. The molecular formula is C20H25N7O3. The summed E-state index contributed by atoms with van der Waals surface area (Å²) in [4.78, 5) is 27.2. The summed E-state index contributed by atoms with van der Waals surface area (Å²) in [7, 11) is 0. The van der Waals surface area contributed by atoms with Crippen molar-refractivity contribution < 1.29 is 15.0 Å². The lowest BCUT2D eigenvalue weighted by Crippen LogP contribution is -2.56. The Kier molecular flexibility index (Phi) is 5.04. The molecule has 0 saturated carbocycles. The van der Waals surface area contributed by atoms with E-state index in [1.807, 2.05) is 0 Å². The van der Waals surface area contributed by atoms with Crippen LogP contribution in [0.1, 0.15) is 24.9 Å². The Morgan fingerprint density at radius 1 is 1.30 bits per heavy atom. The van der Waals surface area contributed by atoms with Gasteiger partial charge in [0.05, 0.1) is 24.0 Å². The number of phenols is 1. The number of benzene rings is 1. The van der Waals surface area contributed by atoms with Crippen LogP contribution in [0.3, 0.4) is 0 Å². The van der Waals surface area contributed by atoms with Crippen molar-refractivity contribution in [2.75, 3.05) is 18.8 Å². The minimum Gasteiger partial charge on any atom is -0.508 e. The maximum atomic E-state index is 13.0. The maximum absolute atomic E-state index is 13.0.